The Balaban J connectivity index is 0.761. The van der Waals surface area contributed by atoms with E-state index in [4.69, 9.17) is 47.4 Å². The predicted octanol–water partition coefficient (Wildman–Crippen LogP) is -1.88. The smallest absolute Gasteiger partial charge is 0.187 e. The van der Waals surface area contributed by atoms with Gasteiger partial charge in [-0.15, -0.1) is 0 Å². The summed E-state index contributed by atoms with van der Waals surface area (Å²) in [6, 6.07) is 0. The third kappa shape index (κ3) is 9.60. The van der Waals surface area contributed by atoms with E-state index in [2.05, 4.69) is 27.7 Å². The van der Waals surface area contributed by atoms with Crippen molar-refractivity contribution >= 4 is 0 Å². The largest absolute Gasteiger partial charge is 0.394 e. The fourth-order valence-corrected chi connectivity index (χ4v) is 16.0. The second-order valence-corrected chi connectivity index (χ2v) is 24.4. The van der Waals surface area contributed by atoms with E-state index in [-0.39, 0.29) is 23.0 Å². The first-order valence-electron chi connectivity index (χ1n) is 27.2. The van der Waals surface area contributed by atoms with Crippen molar-refractivity contribution in [2.75, 3.05) is 26.4 Å². The highest BCUT2D eigenvalue weighted by Crippen LogP contribution is 2.71. The molecule has 73 heavy (non-hydrogen) atoms. The molecule has 32 unspecified atom stereocenters. The summed E-state index contributed by atoms with van der Waals surface area (Å²) in [7, 11) is 0. The first kappa shape index (κ1) is 55.4. The summed E-state index contributed by atoms with van der Waals surface area (Å²) in [6.45, 7) is 9.62. The number of aliphatic hydroxyl groups is 12. The maximum absolute atomic E-state index is 11.3. The first-order chi connectivity index (χ1) is 34.6. The van der Waals surface area contributed by atoms with E-state index in [0.717, 1.165) is 51.6 Å². The average molecular weight is 1050 g/mol. The van der Waals surface area contributed by atoms with Crippen LogP contribution in [-0.2, 0) is 47.4 Å². The molecular weight excluding hydrogens is 965 g/mol. The Kier molecular flexibility index (Phi) is 16.2. The normalized spacial score (nSPS) is 58.2. The molecule has 0 amide bonds. The Morgan fingerprint density at radius 1 is 0.521 bits per heavy atom. The van der Waals surface area contributed by atoms with Gasteiger partial charge in [-0.2, -0.15) is 0 Å². The lowest BCUT2D eigenvalue weighted by atomic mass is 9.44. The number of aliphatic hydroxyl groups excluding tert-OH is 12. The molecule has 0 aromatic carbocycles. The zero-order valence-electron chi connectivity index (χ0n) is 42.6. The molecule has 10 fully saturated rings. The highest BCUT2D eigenvalue weighted by Gasteiger charge is 2.69. The van der Waals surface area contributed by atoms with Crippen molar-refractivity contribution in [1.82, 2.24) is 0 Å². The highest BCUT2D eigenvalue weighted by molar-refractivity contribution is 5.15. The molecule has 10 rings (SSSR count). The van der Waals surface area contributed by atoms with Gasteiger partial charge in [0.05, 0.1) is 44.7 Å². The van der Waals surface area contributed by atoms with E-state index >= 15 is 0 Å². The molecule has 32 atom stereocenters. The van der Waals surface area contributed by atoms with Gasteiger partial charge in [-0.25, -0.2) is 0 Å². The van der Waals surface area contributed by atoms with Crippen LogP contribution in [0.25, 0.3) is 0 Å². The van der Waals surface area contributed by atoms with Gasteiger partial charge in [-0.1, -0.05) is 27.7 Å². The minimum Gasteiger partial charge on any atom is -0.394 e. The molecule has 0 bridgehead atoms. The number of rotatable bonds is 11. The summed E-state index contributed by atoms with van der Waals surface area (Å²) >= 11 is 0. The zero-order valence-corrected chi connectivity index (χ0v) is 42.6. The van der Waals surface area contributed by atoms with Crippen LogP contribution in [0.3, 0.4) is 0 Å². The van der Waals surface area contributed by atoms with Crippen molar-refractivity contribution in [1.29, 1.82) is 0 Å². The van der Waals surface area contributed by atoms with Crippen LogP contribution in [0.15, 0.2) is 0 Å². The van der Waals surface area contributed by atoms with Gasteiger partial charge in [0.15, 0.2) is 30.9 Å². The maximum atomic E-state index is 11.3. The van der Waals surface area contributed by atoms with E-state index in [1.54, 1.807) is 0 Å². The average Bonchev–Trinajstić information content (AvgIpc) is 3.82. The summed E-state index contributed by atoms with van der Waals surface area (Å²) < 4.78 is 60.7. The van der Waals surface area contributed by atoms with Crippen LogP contribution in [0.2, 0.25) is 0 Å². The number of ether oxygens (including phenoxy) is 10. The van der Waals surface area contributed by atoms with Gasteiger partial charge in [-0.3, -0.25) is 0 Å². The van der Waals surface area contributed by atoms with E-state index in [1.165, 1.54) is 19.8 Å². The fourth-order valence-electron chi connectivity index (χ4n) is 16.0. The molecule has 0 aromatic rings. The zero-order chi connectivity index (χ0) is 52.2. The molecule has 4 saturated carbocycles. The molecule has 4 aliphatic carbocycles. The summed E-state index contributed by atoms with van der Waals surface area (Å²) in [5.74, 6) is 3.12. The Morgan fingerprint density at radius 2 is 1.12 bits per heavy atom. The second kappa shape index (κ2) is 21.3. The third-order valence-corrected chi connectivity index (χ3v) is 20.3. The summed E-state index contributed by atoms with van der Waals surface area (Å²) in [5, 5.41) is 129. The molecule has 10 aliphatic rings. The summed E-state index contributed by atoms with van der Waals surface area (Å²) in [4.78, 5) is 0. The van der Waals surface area contributed by atoms with Crippen LogP contribution < -0.4 is 0 Å². The predicted molar refractivity (Wildman–Crippen MR) is 247 cm³/mol. The third-order valence-electron chi connectivity index (χ3n) is 20.3. The molecule has 6 aliphatic heterocycles. The van der Waals surface area contributed by atoms with Crippen LogP contribution in [0.1, 0.15) is 98.8 Å². The van der Waals surface area contributed by atoms with Gasteiger partial charge in [0, 0.05) is 12.3 Å². The monoisotopic (exact) mass is 1050 g/mol. The van der Waals surface area contributed by atoms with E-state index in [9.17, 15) is 61.3 Å². The number of hydrogen-bond donors (Lipinski definition) is 12. The minimum absolute atomic E-state index is 0.104. The Morgan fingerprint density at radius 3 is 1.82 bits per heavy atom. The Bertz CT molecular complexity index is 1860. The Labute approximate surface area is 426 Å². The lowest BCUT2D eigenvalue weighted by molar-refractivity contribution is -0.386. The minimum atomic E-state index is -1.99. The fraction of sp³-hybridized carbons (Fsp3) is 1.00. The molecule has 6 heterocycles. The molecule has 22 heteroatoms. The number of fused-ring (bicyclic) bond motifs is 7. The topological polar surface area (TPSA) is 335 Å². The van der Waals surface area contributed by atoms with Crippen LogP contribution >= 0.6 is 0 Å². The lowest BCUT2D eigenvalue weighted by Gasteiger charge is -2.61. The van der Waals surface area contributed by atoms with Gasteiger partial charge < -0.3 is 109 Å². The van der Waals surface area contributed by atoms with Crippen molar-refractivity contribution in [2.24, 2.45) is 52.3 Å². The van der Waals surface area contributed by atoms with Crippen molar-refractivity contribution < 1.29 is 109 Å². The molecule has 420 valence electrons. The van der Waals surface area contributed by atoms with Gasteiger partial charge in [0.2, 0.25) is 0 Å². The molecule has 6 saturated heterocycles. The van der Waals surface area contributed by atoms with Gasteiger partial charge in [0.25, 0.3) is 0 Å². The van der Waals surface area contributed by atoms with E-state index in [1.807, 2.05) is 0 Å². The maximum Gasteiger partial charge on any atom is 0.187 e. The molecular formula is C51H84O22. The molecule has 0 aromatic heterocycles. The van der Waals surface area contributed by atoms with E-state index in [0.29, 0.717) is 47.8 Å². The van der Waals surface area contributed by atoms with Crippen LogP contribution in [0.4, 0.5) is 0 Å². The van der Waals surface area contributed by atoms with Gasteiger partial charge in [0.1, 0.15) is 91.6 Å². The van der Waals surface area contributed by atoms with Crippen LogP contribution in [-0.4, -0.2) is 229 Å². The van der Waals surface area contributed by atoms with Gasteiger partial charge >= 0.3 is 0 Å². The molecule has 1 spiro atoms. The van der Waals surface area contributed by atoms with Crippen molar-refractivity contribution in [3.8, 4) is 0 Å². The van der Waals surface area contributed by atoms with Crippen molar-refractivity contribution in [2.45, 2.75) is 240 Å². The molecule has 22 nitrogen and oxygen atoms in total. The quantitative estimate of drug-likeness (QED) is 0.101. The second-order valence-electron chi connectivity index (χ2n) is 24.4. The summed E-state index contributed by atoms with van der Waals surface area (Å²) in [5.41, 5.74) is 0.312. The number of hydrogen-bond acceptors (Lipinski definition) is 22. The first-order valence-corrected chi connectivity index (χ1v) is 27.2. The highest BCUT2D eigenvalue weighted by atomic mass is 16.8. The molecule has 12 N–H and O–H groups in total. The van der Waals surface area contributed by atoms with Crippen molar-refractivity contribution in [3.63, 3.8) is 0 Å². The Hall–Kier alpha value is -0.880. The SMILES string of the molecule is CC1CCC2(OC1)OC1CC3C4CCC5CC(OC6OC(COC7OC(CO)C(O)C(O)C7OC7OC(CO)C(OC8OC(C)C(O)C(O)C8O)C(O)C7O)C(O)C(O)C6O)CCC5(C)C4CCC3(C)C1C2C. The van der Waals surface area contributed by atoms with Crippen LogP contribution in [0, 0.1) is 52.3 Å². The lowest BCUT2D eigenvalue weighted by Crippen LogP contribution is -2.66. The van der Waals surface area contributed by atoms with E-state index < -0.39 is 148 Å². The standard InChI is InChI=1S/C51H84O22/c1-20-8-13-51(65-18-20)21(2)32-28(73-51)15-27-25-7-6-23-14-24(9-11-49(23,4)26(25)10-12-50(27,32)5)67-46-41(62)37(58)35(56)31(70-46)19-64-48-44(38(59)34(55)29(16-52)68-48)72-47-42(63)39(60)43(30(17-53)69-47)71-45-40(61)36(57)33(54)22(3)66-45/h20-48,52-63H,6-19H2,1-5H3. The van der Waals surface area contributed by atoms with Crippen LogP contribution in [0.5, 0.6) is 0 Å². The van der Waals surface area contributed by atoms with Gasteiger partial charge in [-0.05, 0) is 111 Å². The molecule has 0 radical (unpaired) electrons. The summed E-state index contributed by atoms with van der Waals surface area (Å²) in [6.07, 6.45) is -22.7. The van der Waals surface area contributed by atoms with Crippen molar-refractivity contribution in [3.05, 3.63) is 0 Å².